The molecule has 1 amide bonds. The normalized spacial score (nSPS) is 15.6. The number of amides is 1. The highest BCUT2D eigenvalue weighted by molar-refractivity contribution is 5.81. The minimum absolute atomic E-state index is 0.0662. The second-order valence-corrected chi connectivity index (χ2v) is 8.31. The summed E-state index contributed by atoms with van der Waals surface area (Å²) in [7, 11) is 0. The Bertz CT molecular complexity index is 943. The summed E-state index contributed by atoms with van der Waals surface area (Å²) < 4.78 is 5.93. The largest absolute Gasteiger partial charge is 0.481 e. The molecule has 4 heteroatoms. The van der Waals surface area contributed by atoms with Crippen molar-refractivity contribution in [3.8, 4) is 5.75 Å². The first-order chi connectivity index (χ1) is 15.1. The summed E-state index contributed by atoms with van der Waals surface area (Å²) in [5.41, 5.74) is 3.77. The van der Waals surface area contributed by atoms with Crippen LogP contribution in [0.25, 0.3) is 0 Å². The lowest BCUT2D eigenvalue weighted by Crippen LogP contribution is -3.15. The third kappa shape index (κ3) is 5.15. The molecule has 160 valence electrons. The highest BCUT2D eigenvalue weighted by atomic mass is 16.5. The quantitative estimate of drug-likeness (QED) is 0.670. The van der Waals surface area contributed by atoms with Gasteiger partial charge in [0.15, 0.2) is 6.10 Å². The number of ether oxygens (including phenoxy) is 1. The van der Waals surface area contributed by atoms with E-state index < -0.39 is 6.10 Å². The number of aryl methyl sites for hydroxylation is 1. The molecule has 0 saturated carbocycles. The van der Waals surface area contributed by atoms with Crippen molar-refractivity contribution >= 4 is 5.91 Å². The molecular formula is C27H31N2O2+. The Morgan fingerprint density at radius 2 is 1.45 bits per heavy atom. The van der Waals surface area contributed by atoms with E-state index in [-0.39, 0.29) is 11.9 Å². The molecule has 31 heavy (non-hydrogen) atoms. The van der Waals surface area contributed by atoms with Gasteiger partial charge < -0.3 is 14.5 Å². The van der Waals surface area contributed by atoms with E-state index in [9.17, 15) is 4.79 Å². The van der Waals surface area contributed by atoms with Crippen LogP contribution < -0.4 is 9.64 Å². The minimum Gasteiger partial charge on any atom is -0.481 e. The molecule has 3 aromatic carbocycles. The van der Waals surface area contributed by atoms with E-state index in [2.05, 4.69) is 60.7 Å². The Morgan fingerprint density at radius 3 is 2.00 bits per heavy atom. The number of piperazine rings is 1. The van der Waals surface area contributed by atoms with Crippen LogP contribution in [0, 0.1) is 6.92 Å². The van der Waals surface area contributed by atoms with Crippen LogP contribution in [-0.4, -0.2) is 43.1 Å². The van der Waals surface area contributed by atoms with Crippen LogP contribution in [0.15, 0.2) is 84.9 Å². The number of nitrogens with zero attached hydrogens (tertiary/aromatic N) is 1. The summed E-state index contributed by atoms with van der Waals surface area (Å²) in [5, 5.41) is 0. The van der Waals surface area contributed by atoms with Crippen molar-refractivity contribution in [3.63, 3.8) is 0 Å². The Labute approximate surface area is 185 Å². The summed E-state index contributed by atoms with van der Waals surface area (Å²) in [6.45, 7) is 7.18. The Kier molecular flexibility index (Phi) is 6.68. The van der Waals surface area contributed by atoms with Gasteiger partial charge in [-0.05, 0) is 31.5 Å². The number of hydrogen-bond donors (Lipinski definition) is 1. The molecule has 1 saturated heterocycles. The third-order valence-electron chi connectivity index (χ3n) is 6.04. The molecule has 0 aromatic heterocycles. The lowest BCUT2D eigenvalue weighted by Gasteiger charge is -2.37. The van der Waals surface area contributed by atoms with Crippen LogP contribution in [0.1, 0.15) is 29.7 Å². The van der Waals surface area contributed by atoms with Gasteiger partial charge in [-0.15, -0.1) is 0 Å². The lowest BCUT2D eigenvalue weighted by atomic mass is 9.96. The van der Waals surface area contributed by atoms with E-state index in [1.165, 1.54) is 16.0 Å². The van der Waals surface area contributed by atoms with Crippen LogP contribution in [0.5, 0.6) is 5.75 Å². The zero-order valence-electron chi connectivity index (χ0n) is 18.3. The van der Waals surface area contributed by atoms with Crippen molar-refractivity contribution in [1.29, 1.82) is 0 Å². The molecule has 0 unspecified atom stereocenters. The summed E-state index contributed by atoms with van der Waals surface area (Å²) in [5.74, 6) is 0.815. The van der Waals surface area contributed by atoms with Gasteiger partial charge in [-0.2, -0.15) is 0 Å². The highest BCUT2D eigenvalue weighted by Crippen LogP contribution is 2.20. The molecule has 1 N–H and O–H groups in total. The SMILES string of the molecule is Cc1cccc(O[C@H](C)C(=O)N2CC[NH+](C(c3ccccc3)c3ccccc3)CC2)c1. The first-order valence-corrected chi connectivity index (χ1v) is 11.1. The molecular weight excluding hydrogens is 384 g/mol. The maximum absolute atomic E-state index is 13.0. The molecule has 0 bridgehead atoms. The number of rotatable bonds is 6. The molecule has 1 heterocycles. The molecule has 1 atom stereocenters. The van der Waals surface area contributed by atoms with Crippen LogP contribution in [-0.2, 0) is 4.79 Å². The summed E-state index contributed by atoms with van der Waals surface area (Å²) in [6.07, 6.45) is -0.484. The van der Waals surface area contributed by atoms with Gasteiger partial charge in [0, 0.05) is 11.1 Å². The van der Waals surface area contributed by atoms with Crippen molar-refractivity contribution in [2.24, 2.45) is 0 Å². The summed E-state index contributed by atoms with van der Waals surface area (Å²) in [4.78, 5) is 16.4. The number of carbonyl (C=O) groups is 1. The van der Waals surface area contributed by atoms with Crippen molar-refractivity contribution in [2.75, 3.05) is 26.2 Å². The van der Waals surface area contributed by atoms with Crippen LogP contribution in [0.2, 0.25) is 0 Å². The molecule has 1 aliphatic rings. The maximum atomic E-state index is 13.0. The molecule has 0 spiro atoms. The molecule has 0 radical (unpaired) electrons. The van der Waals surface area contributed by atoms with Gasteiger partial charge in [0.05, 0.1) is 26.2 Å². The van der Waals surface area contributed by atoms with Crippen molar-refractivity contribution in [2.45, 2.75) is 26.0 Å². The summed E-state index contributed by atoms with van der Waals surface area (Å²) >= 11 is 0. The predicted octanol–water partition coefficient (Wildman–Crippen LogP) is 3.28. The second-order valence-electron chi connectivity index (χ2n) is 8.31. The van der Waals surface area contributed by atoms with E-state index in [4.69, 9.17) is 4.74 Å². The van der Waals surface area contributed by atoms with E-state index in [1.807, 2.05) is 43.0 Å². The fraction of sp³-hybridized carbons (Fsp3) is 0.296. The molecule has 4 nitrogen and oxygen atoms in total. The van der Waals surface area contributed by atoms with Crippen molar-refractivity contribution in [1.82, 2.24) is 4.90 Å². The van der Waals surface area contributed by atoms with Gasteiger partial charge in [0.25, 0.3) is 5.91 Å². The van der Waals surface area contributed by atoms with E-state index in [0.29, 0.717) is 0 Å². The second kappa shape index (κ2) is 9.80. The van der Waals surface area contributed by atoms with Crippen molar-refractivity contribution in [3.05, 3.63) is 102 Å². The van der Waals surface area contributed by atoms with Gasteiger partial charge in [0.1, 0.15) is 11.8 Å². The highest BCUT2D eigenvalue weighted by Gasteiger charge is 2.33. The predicted molar refractivity (Wildman–Crippen MR) is 123 cm³/mol. The smallest absolute Gasteiger partial charge is 0.263 e. The Hall–Kier alpha value is -3.11. The standard InChI is InChI=1S/C27H30N2O2/c1-21-10-9-15-25(20-21)31-22(2)27(30)29-18-16-28(17-19-29)26(23-11-5-3-6-12-23)24-13-7-4-8-14-24/h3-15,20,22,26H,16-19H2,1-2H3/p+1/t22-/m1/s1. The fourth-order valence-corrected chi connectivity index (χ4v) is 4.46. The minimum atomic E-state index is -0.484. The zero-order valence-corrected chi connectivity index (χ0v) is 18.3. The van der Waals surface area contributed by atoms with Crippen LogP contribution >= 0.6 is 0 Å². The third-order valence-corrected chi connectivity index (χ3v) is 6.04. The van der Waals surface area contributed by atoms with Crippen LogP contribution in [0.3, 0.4) is 0 Å². The molecule has 3 aromatic rings. The topological polar surface area (TPSA) is 34.0 Å². The zero-order chi connectivity index (χ0) is 21.6. The van der Waals surface area contributed by atoms with Gasteiger partial charge >= 0.3 is 0 Å². The van der Waals surface area contributed by atoms with E-state index >= 15 is 0 Å². The summed E-state index contributed by atoms with van der Waals surface area (Å²) in [6, 6.07) is 29.5. The maximum Gasteiger partial charge on any atom is 0.263 e. The number of benzene rings is 3. The lowest BCUT2D eigenvalue weighted by molar-refractivity contribution is -0.929. The average Bonchev–Trinajstić information content (AvgIpc) is 2.81. The van der Waals surface area contributed by atoms with Gasteiger partial charge in [-0.1, -0.05) is 72.8 Å². The van der Waals surface area contributed by atoms with E-state index in [0.717, 1.165) is 37.5 Å². The van der Waals surface area contributed by atoms with Gasteiger partial charge in [0.2, 0.25) is 0 Å². The molecule has 1 fully saturated rings. The Balaban J connectivity index is 1.42. The van der Waals surface area contributed by atoms with Gasteiger partial charge in [-0.25, -0.2) is 0 Å². The molecule has 0 aliphatic carbocycles. The number of nitrogens with one attached hydrogen (secondary N) is 1. The number of carbonyl (C=O) groups excluding carboxylic acids is 1. The van der Waals surface area contributed by atoms with Crippen molar-refractivity contribution < 1.29 is 14.4 Å². The van der Waals surface area contributed by atoms with Gasteiger partial charge in [-0.3, -0.25) is 4.79 Å². The fourth-order valence-electron chi connectivity index (χ4n) is 4.46. The first-order valence-electron chi connectivity index (χ1n) is 11.1. The Morgan fingerprint density at radius 1 is 0.871 bits per heavy atom. The number of hydrogen-bond acceptors (Lipinski definition) is 2. The number of quaternary nitrogens is 1. The van der Waals surface area contributed by atoms with E-state index in [1.54, 1.807) is 0 Å². The molecule has 4 rings (SSSR count). The molecule has 1 aliphatic heterocycles. The first kappa shape index (κ1) is 21.1. The monoisotopic (exact) mass is 415 g/mol. The average molecular weight is 416 g/mol. The van der Waals surface area contributed by atoms with Crippen LogP contribution in [0.4, 0.5) is 0 Å².